The molecule has 0 spiro atoms. The van der Waals surface area contributed by atoms with Crippen molar-refractivity contribution in [2.24, 2.45) is 5.92 Å². The molecular formula is C20H25N3O4. The van der Waals surface area contributed by atoms with Crippen LogP contribution in [0, 0.1) is 12.8 Å². The van der Waals surface area contributed by atoms with Crippen molar-refractivity contribution in [1.82, 2.24) is 9.97 Å². The molecule has 0 bridgehead atoms. The molecule has 7 heteroatoms. The fourth-order valence-electron chi connectivity index (χ4n) is 2.57. The van der Waals surface area contributed by atoms with E-state index >= 15 is 0 Å². The number of rotatable bonds is 5. The molecule has 0 fully saturated rings. The molecule has 1 heterocycles. The third kappa shape index (κ3) is 5.03. The van der Waals surface area contributed by atoms with E-state index in [1.165, 1.54) is 0 Å². The summed E-state index contributed by atoms with van der Waals surface area (Å²) in [7, 11) is 0. The highest BCUT2D eigenvalue weighted by Crippen LogP contribution is 2.18. The minimum atomic E-state index is -0.853. The molecule has 0 radical (unpaired) electrons. The van der Waals surface area contributed by atoms with Gasteiger partial charge in [0.25, 0.3) is 11.5 Å². The number of carbonyl (C=O) groups excluding carboxylic acids is 1. The lowest BCUT2D eigenvalue weighted by molar-refractivity contribution is -0.141. The Balaban J connectivity index is 2.18. The minimum absolute atomic E-state index is 0.0217. The Hall–Kier alpha value is -2.96. The lowest BCUT2D eigenvalue weighted by Crippen LogP contribution is -2.30. The predicted octanol–water partition coefficient (Wildman–Crippen LogP) is 2.89. The van der Waals surface area contributed by atoms with Gasteiger partial charge < -0.3 is 15.4 Å². The molecule has 1 unspecified atom stereocenters. The van der Waals surface area contributed by atoms with Crippen LogP contribution in [0.4, 0.5) is 5.69 Å². The summed E-state index contributed by atoms with van der Waals surface area (Å²) in [4.78, 5) is 42.9. The molecule has 7 nitrogen and oxygen atoms in total. The standard InChI is InChI=1S/C20H25N3O4/c1-11(18(26)27)10-13-6-8-14(9-7-13)22-16(24)15-12(2)21-19(20(3,4)5)23-17(15)25/h6-9,11H,10H2,1-5H3,(H,22,24)(H,26,27)(H,21,23,25). The summed E-state index contributed by atoms with van der Waals surface area (Å²) >= 11 is 0. The Morgan fingerprint density at radius 2 is 1.81 bits per heavy atom. The van der Waals surface area contributed by atoms with E-state index in [4.69, 9.17) is 5.11 Å². The van der Waals surface area contributed by atoms with Crippen molar-refractivity contribution in [3.8, 4) is 0 Å². The maximum absolute atomic E-state index is 12.5. The van der Waals surface area contributed by atoms with E-state index in [1.807, 2.05) is 20.8 Å². The minimum Gasteiger partial charge on any atom is -0.481 e. The van der Waals surface area contributed by atoms with Gasteiger partial charge in [0.1, 0.15) is 11.4 Å². The summed E-state index contributed by atoms with van der Waals surface area (Å²) in [6.45, 7) is 9.06. The maximum Gasteiger partial charge on any atom is 0.306 e. The molecule has 1 atom stereocenters. The normalized spacial score (nSPS) is 12.5. The van der Waals surface area contributed by atoms with Crippen molar-refractivity contribution in [1.29, 1.82) is 0 Å². The van der Waals surface area contributed by atoms with Gasteiger partial charge in [0, 0.05) is 11.1 Å². The molecular weight excluding hydrogens is 346 g/mol. The molecule has 3 N–H and O–H groups in total. The van der Waals surface area contributed by atoms with E-state index in [0.717, 1.165) is 5.56 Å². The number of anilines is 1. The number of nitrogens with zero attached hydrogens (tertiary/aromatic N) is 1. The van der Waals surface area contributed by atoms with Crippen molar-refractivity contribution in [2.75, 3.05) is 5.32 Å². The average Bonchev–Trinajstić information content (AvgIpc) is 2.55. The molecule has 0 aliphatic rings. The van der Waals surface area contributed by atoms with Crippen LogP contribution in [0.25, 0.3) is 0 Å². The van der Waals surface area contributed by atoms with E-state index in [2.05, 4.69) is 15.3 Å². The zero-order valence-corrected chi connectivity index (χ0v) is 16.2. The highest BCUT2D eigenvalue weighted by atomic mass is 16.4. The molecule has 0 aliphatic carbocycles. The summed E-state index contributed by atoms with van der Waals surface area (Å²) in [5.74, 6) is -1.35. The zero-order chi connectivity index (χ0) is 20.4. The Morgan fingerprint density at radius 1 is 1.22 bits per heavy atom. The molecule has 1 amide bonds. The van der Waals surface area contributed by atoms with E-state index in [0.29, 0.717) is 23.6 Å². The third-order valence-corrected chi connectivity index (χ3v) is 4.21. The number of aromatic amines is 1. The van der Waals surface area contributed by atoms with Crippen LogP contribution in [0.5, 0.6) is 0 Å². The number of aromatic nitrogens is 2. The van der Waals surface area contributed by atoms with Gasteiger partial charge in [0.2, 0.25) is 0 Å². The molecule has 0 aliphatic heterocycles. The van der Waals surface area contributed by atoms with Crippen LogP contribution in [0.15, 0.2) is 29.1 Å². The van der Waals surface area contributed by atoms with Crippen LogP contribution >= 0.6 is 0 Å². The topological polar surface area (TPSA) is 112 Å². The summed E-state index contributed by atoms with van der Waals surface area (Å²) in [6, 6.07) is 6.88. The van der Waals surface area contributed by atoms with Gasteiger partial charge in [0.15, 0.2) is 0 Å². The monoisotopic (exact) mass is 371 g/mol. The maximum atomic E-state index is 12.5. The number of aliphatic carboxylic acids is 1. The number of hydrogen-bond acceptors (Lipinski definition) is 4. The van der Waals surface area contributed by atoms with Crippen molar-refractivity contribution in [3.63, 3.8) is 0 Å². The van der Waals surface area contributed by atoms with Crippen LogP contribution in [-0.4, -0.2) is 27.0 Å². The van der Waals surface area contributed by atoms with Crippen LogP contribution < -0.4 is 10.9 Å². The number of amides is 1. The largest absolute Gasteiger partial charge is 0.481 e. The second kappa shape index (κ2) is 7.73. The van der Waals surface area contributed by atoms with Crippen LogP contribution in [0.3, 0.4) is 0 Å². The number of hydrogen-bond donors (Lipinski definition) is 3. The second-order valence-electron chi connectivity index (χ2n) is 7.72. The molecule has 2 rings (SSSR count). The smallest absolute Gasteiger partial charge is 0.306 e. The van der Waals surface area contributed by atoms with Crippen LogP contribution in [-0.2, 0) is 16.6 Å². The van der Waals surface area contributed by atoms with Crippen LogP contribution in [0.1, 0.15) is 55.1 Å². The van der Waals surface area contributed by atoms with Gasteiger partial charge in [-0.2, -0.15) is 0 Å². The number of carboxylic acid groups (broad SMARTS) is 1. The number of nitrogens with one attached hydrogen (secondary N) is 2. The van der Waals surface area contributed by atoms with Gasteiger partial charge in [-0.1, -0.05) is 39.8 Å². The van der Waals surface area contributed by atoms with Crippen LogP contribution in [0.2, 0.25) is 0 Å². The van der Waals surface area contributed by atoms with Gasteiger partial charge in [-0.15, -0.1) is 0 Å². The second-order valence-corrected chi connectivity index (χ2v) is 7.72. The fourth-order valence-corrected chi connectivity index (χ4v) is 2.57. The first-order valence-corrected chi connectivity index (χ1v) is 8.73. The van der Waals surface area contributed by atoms with Gasteiger partial charge >= 0.3 is 5.97 Å². The quantitative estimate of drug-likeness (QED) is 0.748. The first-order valence-electron chi connectivity index (χ1n) is 8.73. The Morgan fingerprint density at radius 3 is 2.30 bits per heavy atom. The van der Waals surface area contributed by atoms with Gasteiger partial charge in [-0.25, -0.2) is 4.98 Å². The van der Waals surface area contributed by atoms with E-state index < -0.39 is 23.4 Å². The Labute approximate surface area is 157 Å². The average molecular weight is 371 g/mol. The van der Waals surface area contributed by atoms with Gasteiger partial charge in [0.05, 0.1) is 11.6 Å². The summed E-state index contributed by atoms with van der Waals surface area (Å²) in [5.41, 5.74) is 0.914. The van der Waals surface area contributed by atoms with Crippen molar-refractivity contribution >= 4 is 17.6 Å². The van der Waals surface area contributed by atoms with Gasteiger partial charge in [-0.05, 0) is 31.0 Å². The highest BCUT2D eigenvalue weighted by molar-refractivity contribution is 6.04. The number of aryl methyl sites for hydroxylation is 1. The Bertz CT molecular complexity index is 908. The van der Waals surface area contributed by atoms with Crippen molar-refractivity contribution in [3.05, 3.63) is 57.3 Å². The molecule has 1 aromatic heterocycles. The SMILES string of the molecule is Cc1nc(C(C)(C)C)[nH]c(=O)c1C(=O)Nc1ccc(CC(C)C(=O)O)cc1. The first kappa shape index (κ1) is 20.4. The lowest BCUT2D eigenvalue weighted by Gasteiger charge is -2.18. The molecule has 144 valence electrons. The molecule has 0 saturated carbocycles. The summed E-state index contributed by atoms with van der Waals surface area (Å²) < 4.78 is 0. The van der Waals surface area contributed by atoms with E-state index in [-0.39, 0.29) is 11.0 Å². The fraction of sp³-hybridized carbons (Fsp3) is 0.400. The van der Waals surface area contributed by atoms with Crippen molar-refractivity contribution < 1.29 is 14.7 Å². The molecule has 0 saturated heterocycles. The highest BCUT2D eigenvalue weighted by Gasteiger charge is 2.22. The molecule has 2 aromatic rings. The Kier molecular flexibility index (Phi) is 5.83. The first-order chi connectivity index (χ1) is 12.5. The lowest BCUT2D eigenvalue weighted by atomic mass is 9.95. The van der Waals surface area contributed by atoms with Gasteiger partial charge in [-0.3, -0.25) is 14.4 Å². The number of carbonyl (C=O) groups is 2. The van der Waals surface area contributed by atoms with E-state index in [9.17, 15) is 14.4 Å². The number of H-pyrrole nitrogens is 1. The number of carboxylic acids is 1. The number of benzene rings is 1. The zero-order valence-electron chi connectivity index (χ0n) is 16.2. The predicted molar refractivity (Wildman–Crippen MR) is 103 cm³/mol. The third-order valence-electron chi connectivity index (χ3n) is 4.21. The molecule has 27 heavy (non-hydrogen) atoms. The summed E-state index contributed by atoms with van der Waals surface area (Å²) in [6.07, 6.45) is 0.403. The van der Waals surface area contributed by atoms with Crippen molar-refractivity contribution in [2.45, 2.75) is 46.5 Å². The van der Waals surface area contributed by atoms with E-state index in [1.54, 1.807) is 38.1 Å². The molecule has 1 aromatic carbocycles. The summed E-state index contributed by atoms with van der Waals surface area (Å²) in [5, 5.41) is 11.7.